The molecule has 0 saturated heterocycles. The molecule has 0 N–H and O–H groups in total. The molecule has 0 saturated carbocycles. The Balaban J connectivity index is 0.00000433. The molecule has 64 heavy (non-hydrogen) atoms. The molecule has 0 bridgehead atoms. The topological polar surface area (TPSA) is 53.5 Å². The quantitative estimate of drug-likeness (QED) is 0.168. The molecule has 0 unspecified atom stereocenters. The first-order valence-corrected chi connectivity index (χ1v) is 21.3. The van der Waals surface area contributed by atoms with Crippen molar-refractivity contribution in [2.45, 2.75) is 7.43 Å². The summed E-state index contributed by atoms with van der Waals surface area (Å²) in [5, 5.41) is 7.27. The first-order valence-electron chi connectivity index (χ1n) is 21.3. The summed E-state index contributed by atoms with van der Waals surface area (Å²) < 4.78 is 7.44. The van der Waals surface area contributed by atoms with E-state index in [1.807, 2.05) is 60.7 Å². The fourth-order valence-electron chi connectivity index (χ4n) is 9.81. The third-order valence-corrected chi connectivity index (χ3v) is 12.4. The van der Waals surface area contributed by atoms with Crippen LogP contribution < -0.4 is 0 Å². The standard InChI is InChI=1S/C57H36N6.CH4/c1-5-19-37(20-6-1)55-58-56(38-21-7-2-8-22-38)60-57(59-55)39-33-35-42(36-34-39)63-48-32-18-15-29-45(48)51-53-49(43-27-13-16-30-46(43)61(53)40-23-9-3-10-24-40)52-50(54(51)63)44-28-14-17-31-47(44)62(52)41-25-11-4-12-26-41;/h1-36H;1H4. The molecule has 4 heterocycles. The first kappa shape index (κ1) is 37.2. The summed E-state index contributed by atoms with van der Waals surface area (Å²) in [4.78, 5) is 15.1. The van der Waals surface area contributed by atoms with Crippen molar-refractivity contribution in [2.75, 3.05) is 0 Å². The Hall–Kier alpha value is -8.61. The Kier molecular flexibility index (Phi) is 8.59. The number of benzene rings is 9. The Labute approximate surface area is 369 Å². The molecule has 6 heteroatoms. The van der Waals surface area contributed by atoms with Crippen LogP contribution in [-0.2, 0) is 0 Å². The molecule has 13 aromatic rings. The number of hydrogen-bond acceptors (Lipinski definition) is 3. The van der Waals surface area contributed by atoms with Crippen LogP contribution in [0.3, 0.4) is 0 Å². The van der Waals surface area contributed by atoms with Crippen LogP contribution in [0, 0.1) is 0 Å². The molecule has 9 aromatic carbocycles. The van der Waals surface area contributed by atoms with Gasteiger partial charge < -0.3 is 13.7 Å². The fraction of sp³-hybridized carbons (Fsp3) is 0.0172. The molecule has 0 radical (unpaired) electrons. The second-order valence-electron chi connectivity index (χ2n) is 16.0. The van der Waals surface area contributed by atoms with Crippen LogP contribution in [0.2, 0.25) is 0 Å². The number of para-hydroxylation sites is 5. The predicted molar refractivity (Wildman–Crippen MR) is 266 cm³/mol. The maximum atomic E-state index is 5.06. The van der Waals surface area contributed by atoms with Crippen LogP contribution in [0.1, 0.15) is 7.43 Å². The van der Waals surface area contributed by atoms with Crippen LogP contribution in [0.4, 0.5) is 0 Å². The van der Waals surface area contributed by atoms with Gasteiger partial charge in [-0.1, -0.05) is 159 Å². The van der Waals surface area contributed by atoms with E-state index in [0.29, 0.717) is 17.5 Å². The minimum Gasteiger partial charge on any atom is -0.308 e. The van der Waals surface area contributed by atoms with Crippen molar-refractivity contribution in [2.24, 2.45) is 0 Å². The number of aromatic nitrogens is 6. The highest BCUT2D eigenvalue weighted by Gasteiger charge is 2.28. The van der Waals surface area contributed by atoms with E-state index in [1.54, 1.807) is 0 Å². The lowest BCUT2D eigenvalue weighted by Crippen LogP contribution is -2.00. The Morgan fingerprint density at radius 3 is 0.859 bits per heavy atom. The first-order chi connectivity index (χ1) is 31.3. The van der Waals surface area contributed by atoms with Crippen molar-refractivity contribution in [3.63, 3.8) is 0 Å². The molecular weight excluding hydrogens is 781 g/mol. The smallest absolute Gasteiger partial charge is 0.164 e. The monoisotopic (exact) mass is 820 g/mol. The van der Waals surface area contributed by atoms with Gasteiger partial charge in [-0.2, -0.15) is 0 Å². The molecule has 0 aliphatic rings. The van der Waals surface area contributed by atoms with Gasteiger partial charge in [0.25, 0.3) is 0 Å². The van der Waals surface area contributed by atoms with E-state index in [-0.39, 0.29) is 7.43 Å². The molecule has 0 fully saturated rings. The fourth-order valence-corrected chi connectivity index (χ4v) is 9.81. The average Bonchev–Trinajstić information content (AvgIpc) is 4.01. The van der Waals surface area contributed by atoms with Crippen molar-refractivity contribution < 1.29 is 0 Å². The maximum absolute atomic E-state index is 5.06. The predicted octanol–water partition coefficient (Wildman–Crippen LogP) is 14.8. The van der Waals surface area contributed by atoms with E-state index < -0.39 is 0 Å². The van der Waals surface area contributed by atoms with Gasteiger partial charge in [-0.15, -0.1) is 0 Å². The van der Waals surface area contributed by atoms with Crippen molar-refractivity contribution in [1.29, 1.82) is 0 Å². The molecule has 4 aromatic heterocycles. The van der Waals surface area contributed by atoms with Crippen molar-refractivity contribution in [1.82, 2.24) is 28.7 Å². The van der Waals surface area contributed by atoms with Crippen LogP contribution in [0.5, 0.6) is 0 Å². The molecule has 0 aliphatic carbocycles. The van der Waals surface area contributed by atoms with Crippen LogP contribution in [0.25, 0.3) is 117 Å². The largest absolute Gasteiger partial charge is 0.308 e. The van der Waals surface area contributed by atoms with Gasteiger partial charge in [0.05, 0.1) is 33.1 Å². The highest BCUT2D eigenvalue weighted by Crippen LogP contribution is 2.50. The highest BCUT2D eigenvalue weighted by atomic mass is 15.1. The molecule has 13 rings (SSSR count). The Bertz CT molecular complexity index is 3740. The van der Waals surface area contributed by atoms with Gasteiger partial charge in [-0.3, -0.25) is 0 Å². The number of fused-ring (bicyclic) bond motifs is 12. The van der Waals surface area contributed by atoms with Gasteiger partial charge in [-0.25, -0.2) is 15.0 Å². The summed E-state index contributed by atoms with van der Waals surface area (Å²) in [5.41, 5.74) is 13.1. The number of nitrogens with zero attached hydrogens (tertiary/aromatic N) is 6. The van der Waals surface area contributed by atoms with Crippen LogP contribution in [-0.4, -0.2) is 28.7 Å². The summed E-state index contributed by atoms with van der Waals surface area (Å²) in [6, 6.07) is 77.3. The minimum absolute atomic E-state index is 0. The zero-order valence-electron chi connectivity index (χ0n) is 34.0. The zero-order chi connectivity index (χ0) is 41.4. The third-order valence-electron chi connectivity index (χ3n) is 12.4. The number of rotatable bonds is 6. The van der Waals surface area contributed by atoms with Crippen LogP contribution in [0.15, 0.2) is 218 Å². The van der Waals surface area contributed by atoms with Gasteiger partial charge in [0.15, 0.2) is 17.5 Å². The van der Waals surface area contributed by atoms with E-state index in [0.717, 1.165) is 50.3 Å². The summed E-state index contributed by atoms with van der Waals surface area (Å²) in [6.45, 7) is 0. The van der Waals surface area contributed by atoms with Gasteiger partial charge in [0.2, 0.25) is 0 Å². The van der Waals surface area contributed by atoms with Gasteiger partial charge in [0.1, 0.15) is 0 Å². The SMILES string of the molecule is C.c1ccc(-c2nc(-c3ccccc3)nc(-c3ccc(-n4c5ccccc5c5c6c(c7ccccc7n6-c6ccccc6)c6c(c7ccccc7n6-c6ccccc6)c54)cc3)n2)cc1. The van der Waals surface area contributed by atoms with Gasteiger partial charge in [0, 0.05) is 66.1 Å². The summed E-state index contributed by atoms with van der Waals surface area (Å²) in [6.07, 6.45) is 0. The van der Waals surface area contributed by atoms with Crippen molar-refractivity contribution >= 4 is 65.4 Å². The summed E-state index contributed by atoms with van der Waals surface area (Å²) in [5.74, 6) is 1.90. The molecule has 0 aliphatic heterocycles. The van der Waals surface area contributed by atoms with E-state index in [2.05, 4.69) is 171 Å². The lowest BCUT2D eigenvalue weighted by atomic mass is 10.0. The summed E-state index contributed by atoms with van der Waals surface area (Å²) in [7, 11) is 0. The Morgan fingerprint density at radius 1 is 0.250 bits per heavy atom. The second kappa shape index (κ2) is 14.8. The van der Waals surface area contributed by atoms with Crippen LogP contribution >= 0.6 is 0 Å². The van der Waals surface area contributed by atoms with E-state index in [4.69, 9.17) is 15.0 Å². The van der Waals surface area contributed by atoms with Crippen molar-refractivity contribution in [3.8, 4) is 51.2 Å². The Morgan fingerprint density at radius 2 is 0.516 bits per heavy atom. The molecule has 6 nitrogen and oxygen atoms in total. The van der Waals surface area contributed by atoms with Gasteiger partial charge in [-0.05, 0) is 66.7 Å². The average molecular weight is 821 g/mol. The highest BCUT2D eigenvalue weighted by molar-refractivity contribution is 6.40. The minimum atomic E-state index is 0. The second-order valence-corrected chi connectivity index (χ2v) is 16.0. The maximum Gasteiger partial charge on any atom is 0.164 e. The zero-order valence-corrected chi connectivity index (χ0v) is 34.0. The van der Waals surface area contributed by atoms with Gasteiger partial charge >= 0.3 is 0 Å². The molecule has 0 spiro atoms. The molecular formula is C58H40N6. The normalized spacial score (nSPS) is 11.6. The lowest BCUT2D eigenvalue weighted by Gasteiger charge is -2.14. The van der Waals surface area contributed by atoms with E-state index >= 15 is 0 Å². The summed E-state index contributed by atoms with van der Waals surface area (Å²) >= 11 is 0. The van der Waals surface area contributed by atoms with E-state index in [1.165, 1.54) is 48.9 Å². The number of hydrogen-bond donors (Lipinski definition) is 0. The third kappa shape index (κ3) is 5.56. The van der Waals surface area contributed by atoms with E-state index in [9.17, 15) is 0 Å². The molecule has 0 atom stereocenters. The molecule has 302 valence electrons. The molecule has 0 amide bonds. The van der Waals surface area contributed by atoms with Crippen molar-refractivity contribution in [3.05, 3.63) is 218 Å². The lowest BCUT2D eigenvalue weighted by molar-refractivity contribution is 1.07.